The van der Waals surface area contributed by atoms with Gasteiger partial charge >= 0.3 is 0 Å². The molecule has 1 atom stereocenters. The van der Waals surface area contributed by atoms with Gasteiger partial charge in [-0.15, -0.1) is 0 Å². The first kappa shape index (κ1) is 23.0. The summed E-state index contributed by atoms with van der Waals surface area (Å²) in [6.45, 7) is 5.59. The summed E-state index contributed by atoms with van der Waals surface area (Å²) < 4.78 is 10.2. The maximum absolute atomic E-state index is 13.5. The number of carbonyl (C=O) groups excluding carboxylic acids is 1. The Morgan fingerprint density at radius 2 is 2.11 bits per heavy atom. The van der Waals surface area contributed by atoms with Crippen molar-refractivity contribution in [3.63, 3.8) is 0 Å². The molecule has 2 aliphatic rings. The van der Waals surface area contributed by atoms with Gasteiger partial charge in [0.25, 0.3) is 5.91 Å². The third kappa shape index (κ3) is 3.84. The molecule has 1 saturated carbocycles. The lowest BCUT2D eigenvalue weighted by Gasteiger charge is -2.24. The maximum atomic E-state index is 13.5. The van der Waals surface area contributed by atoms with E-state index < -0.39 is 0 Å². The number of ether oxygens (including phenoxy) is 1. The van der Waals surface area contributed by atoms with Gasteiger partial charge in [-0.25, -0.2) is 9.97 Å². The van der Waals surface area contributed by atoms with Crippen LogP contribution in [0.5, 0.6) is 5.75 Å². The molecule has 1 amide bonds. The van der Waals surface area contributed by atoms with Crippen LogP contribution in [0.3, 0.4) is 0 Å². The van der Waals surface area contributed by atoms with Gasteiger partial charge in [0.05, 0.1) is 18.3 Å². The Balaban J connectivity index is 1.43. The van der Waals surface area contributed by atoms with Crippen LogP contribution in [0.25, 0.3) is 33.6 Å². The predicted molar refractivity (Wildman–Crippen MR) is 141 cm³/mol. The van der Waals surface area contributed by atoms with Gasteiger partial charge in [-0.2, -0.15) is 0 Å². The van der Waals surface area contributed by atoms with Gasteiger partial charge < -0.3 is 24.1 Å². The Labute approximate surface area is 211 Å². The summed E-state index contributed by atoms with van der Waals surface area (Å²) >= 11 is 0. The van der Waals surface area contributed by atoms with Crippen LogP contribution in [-0.2, 0) is 13.6 Å². The molecule has 4 heterocycles. The second-order valence-electron chi connectivity index (χ2n) is 10.9. The van der Waals surface area contributed by atoms with Crippen molar-refractivity contribution in [2.75, 3.05) is 33.8 Å². The van der Waals surface area contributed by atoms with Gasteiger partial charge in [0.2, 0.25) is 0 Å². The zero-order valence-electron chi connectivity index (χ0n) is 21.5. The van der Waals surface area contributed by atoms with E-state index in [1.807, 2.05) is 43.4 Å². The molecule has 2 fully saturated rings. The van der Waals surface area contributed by atoms with Crippen molar-refractivity contribution < 1.29 is 9.53 Å². The highest BCUT2D eigenvalue weighted by Gasteiger charge is 2.36. The van der Waals surface area contributed by atoms with Gasteiger partial charge in [0.1, 0.15) is 16.9 Å². The number of imidazole rings is 1. The van der Waals surface area contributed by atoms with Crippen molar-refractivity contribution >= 4 is 28.0 Å². The zero-order valence-corrected chi connectivity index (χ0v) is 21.5. The molecular formula is C28H34N6O2. The van der Waals surface area contributed by atoms with E-state index in [4.69, 9.17) is 9.72 Å². The molecule has 0 radical (unpaired) electrons. The molecule has 1 aliphatic carbocycles. The number of amides is 1. The fourth-order valence-corrected chi connectivity index (χ4v) is 5.79. The average Bonchev–Trinajstić information content (AvgIpc) is 3.38. The lowest BCUT2D eigenvalue weighted by molar-refractivity contribution is 0.0775. The largest absolute Gasteiger partial charge is 0.494 e. The second-order valence-corrected chi connectivity index (χ2v) is 10.9. The monoisotopic (exact) mass is 486 g/mol. The summed E-state index contributed by atoms with van der Waals surface area (Å²) in [5.41, 5.74) is 4.42. The Morgan fingerprint density at radius 3 is 2.86 bits per heavy atom. The van der Waals surface area contributed by atoms with E-state index in [0.29, 0.717) is 17.2 Å². The van der Waals surface area contributed by atoms with Gasteiger partial charge in [0.15, 0.2) is 5.82 Å². The highest BCUT2D eigenvalue weighted by Crippen LogP contribution is 2.38. The van der Waals surface area contributed by atoms with Crippen molar-refractivity contribution in [3.05, 3.63) is 42.1 Å². The van der Waals surface area contributed by atoms with E-state index >= 15 is 0 Å². The molecule has 6 rings (SSSR count). The first-order valence-electron chi connectivity index (χ1n) is 12.8. The maximum Gasteiger partial charge on any atom is 0.254 e. The molecule has 1 aliphatic heterocycles. The van der Waals surface area contributed by atoms with E-state index in [1.165, 1.54) is 12.8 Å². The van der Waals surface area contributed by atoms with E-state index in [1.54, 1.807) is 7.11 Å². The number of hydrogen-bond donors (Lipinski definition) is 1. The number of hydrogen-bond acceptors (Lipinski definition) is 5. The highest BCUT2D eigenvalue weighted by atomic mass is 16.5. The van der Waals surface area contributed by atoms with Gasteiger partial charge in [-0.3, -0.25) is 4.79 Å². The number of nitrogens with one attached hydrogen (secondary N) is 1. The third-order valence-corrected chi connectivity index (χ3v) is 7.87. The van der Waals surface area contributed by atoms with Crippen molar-refractivity contribution in [1.82, 2.24) is 29.3 Å². The van der Waals surface area contributed by atoms with Crippen LogP contribution in [0.2, 0.25) is 0 Å². The van der Waals surface area contributed by atoms with Crippen LogP contribution < -0.4 is 10.1 Å². The normalized spacial score (nSPS) is 20.1. The molecule has 8 nitrogen and oxygen atoms in total. The van der Waals surface area contributed by atoms with E-state index in [0.717, 1.165) is 66.2 Å². The minimum atomic E-state index is 0.0364. The molecule has 1 saturated heterocycles. The lowest BCUT2D eigenvalue weighted by Crippen LogP contribution is -2.35. The summed E-state index contributed by atoms with van der Waals surface area (Å²) in [6, 6.07) is 10.0. The van der Waals surface area contributed by atoms with Crippen molar-refractivity contribution in [1.29, 1.82) is 0 Å². The van der Waals surface area contributed by atoms with Crippen LogP contribution in [-0.4, -0.2) is 63.7 Å². The molecular weight excluding hydrogens is 452 g/mol. The van der Waals surface area contributed by atoms with Crippen LogP contribution in [0, 0.1) is 11.3 Å². The first-order valence-corrected chi connectivity index (χ1v) is 12.8. The number of pyridine rings is 1. The fraction of sp³-hybridized carbons (Fsp3) is 0.464. The molecule has 4 aromatic rings. The number of aryl methyl sites for hydroxylation is 1. The van der Waals surface area contributed by atoms with Crippen LogP contribution in [0.4, 0.5) is 0 Å². The van der Waals surface area contributed by atoms with E-state index in [9.17, 15) is 4.79 Å². The number of nitrogens with zero attached hydrogens (tertiary/aromatic N) is 5. The van der Waals surface area contributed by atoms with Crippen molar-refractivity contribution in [2.24, 2.45) is 18.4 Å². The Kier molecular flexibility index (Phi) is 5.52. The third-order valence-electron chi connectivity index (χ3n) is 7.87. The highest BCUT2D eigenvalue weighted by molar-refractivity contribution is 6.00. The lowest BCUT2D eigenvalue weighted by atomic mass is 9.90. The minimum Gasteiger partial charge on any atom is -0.494 e. The summed E-state index contributed by atoms with van der Waals surface area (Å²) in [4.78, 5) is 25.2. The molecule has 1 unspecified atom stereocenters. The molecule has 8 heteroatoms. The van der Waals surface area contributed by atoms with Crippen LogP contribution in [0.15, 0.2) is 36.5 Å². The molecule has 36 heavy (non-hydrogen) atoms. The Bertz CT molecular complexity index is 1470. The number of rotatable bonds is 7. The Hall–Kier alpha value is -3.39. The number of carbonyl (C=O) groups is 1. The predicted octanol–water partition coefficient (Wildman–Crippen LogP) is 4.08. The van der Waals surface area contributed by atoms with Crippen molar-refractivity contribution in [3.8, 4) is 17.3 Å². The number of aromatic nitrogens is 4. The molecule has 1 aromatic carbocycles. The first-order chi connectivity index (χ1) is 17.4. The average molecular weight is 487 g/mol. The zero-order chi connectivity index (χ0) is 25.0. The molecule has 3 aromatic heterocycles. The topological polar surface area (TPSA) is 77.2 Å². The van der Waals surface area contributed by atoms with Gasteiger partial charge in [-0.1, -0.05) is 6.92 Å². The summed E-state index contributed by atoms with van der Waals surface area (Å²) in [7, 11) is 5.64. The summed E-state index contributed by atoms with van der Waals surface area (Å²) in [5, 5.41) is 4.38. The number of fused-ring (bicyclic) bond motifs is 2. The molecule has 0 bridgehead atoms. The summed E-state index contributed by atoms with van der Waals surface area (Å²) in [5.74, 6) is 2.25. The second kappa shape index (κ2) is 8.62. The molecule has 1 N–H and O–H groups in total. The Morgan fingerprint density at radius 1 is 1.28 bits per heavy atom. The number of likely N-dealkylation sites (tertiary alicyclic amines) is 1. The smallest absolute Gasteiger partial charge is 0.254 e. The molecule has 188 valence electrons. The van der Waals surface area contributed by atoms with E-state index in [-0.39, 0.29) is 11.3 Å². The van der Waals surface area contributed by atoms with Crippen LogP contribution in [0.1, 0.15) is 36.5 Å². The number of benzene rings is 1. The molecule has 0 spiro atoms. The minimum absolute atomic E-state index is 0.0364. The quantitative estimate of drug-likeness (QED) is 0.426. The van der Waals surface area contributed by atoms with Gasteiger partial charge in [0, 0.05) is 50.4 Å². The van der Waals surface area contributed by atoms with E-state index in [2.05, 4.69) is 38.5 Å². The van der Waals surface area contributed by atoms with Crippen LogP contribution >= 0.6 is 0 Å². The standard InChI is InChI=1S/C28H34N6O2/c1-28(16-29-2)9-11-33(17-28)27(35)20-12-21-24(23(14-20)36-4)32(3)26(31-21)22-13-19-6-5-10-30-25(19)34(22)15-18-7-8-18/h5-6,10,12-14,18,29H,7-9,11,15-17H2,1-4H3. The fourth-order valence-electron chi connectivity index (χ4n) is 5.79. The SMILES string of the molecule is CNCC1(C)CCN(C(=O)c2cc(OC)c3c(c2)nc(-c2cc4cccnc4n2CC2CC2)n3C)C1. The van der Waals surface area contributed by atoms with Gasteiger partial charge in [-0.05, 0) is 68.0 Å². The van der Waals surface area contributed by atoms with Crippen molar-refractivity contribution in [2.45, 2.75) is 32.7 Å². The summed E-state index contributed by atoms with van der Waals surface area (Å²) in [6.07, 6.45) is 5.37. The number of methoxy groups -OCH3 is 1.